The Morgan fingerprint density at radius 3 is 2.38 bits per heavy atom. The molecule has 1 heterocycles. The lowest BCUT2D eigenvalue weighted by Gasteiger charge is -2.09. The van der Waals surface area contributed by atoms with Crippen molar-refractivity contribution in [2.75, 3.05) is 5.32 Å². The molecule has 0 radical (unpaired) electrons. The van der Waals surface area contributed by atoms with E-state index in [-0.39, 0.29) is 30.6 Å². The lowest BCUT2D eigenvalue weighted by atomic mass is 10.0. The lowest BCUT2D eigenvalue weighted by molar-refractivity contribution is -0.138. The van der Waals surface area contributed by atoms with Gasteiger partial charge >= 0.3 is 5.97 Å². The molecule has 0 aliphatic rings. The van der Waals surface area contributed by atoms with Crippen molar-refractivity contribution in [2.24, 2.45) is 11.7 Å². The number of hydrogen-bond donors (Lipinski definition) is 3. The summed E-state index contributed by atoms with van der Waals surface area (Å²) < 4.78 is 0. The number of primary amides is 1. The molecular weight excluding hydrogens is 292 g/mol. The van der Waals surface area contributed by atoms with E-state index >= 15 is 0 Å². The molecule has 0 aliphatic heterocycles. The van der Waals surface area contributed by atoms with Gasteiger partial charge in [0.2, 0.25) is 5.91 Å². The molecule has 116 valence electrons. The minimum Gasteiger partial charge on any atom is -0.481 e. The Morgan fingerprint density at radius 1 is 1.29 bits per heavy atom. The van der Waals surface area contributed by atoms with Gasteiger partial charge in [0.05, 0.1) is 5.56 Å². The highest BCUT2D eigenvalue weighted by atomic mass is 32.1. The van der Waals surface area contributed by atoms with Crippen LogP contribution in [0.2, 0.25) is 0 Å². The van der Waals surface area contributed by atoms with E-state index in [0.717, 1.165) is 4.88 Å². The van der Waals surface area contributed by atoms with Crippen LogP contribution in [0.1, 0.15) is 54.8 Å². The average molecular weight is 312 g/mol. The van der Waals surface area contributed by atoms with E-state index in [1.807, 2.05) is 13.8 Å². The highest BCUT2D eigenvalue weighted by Crippen LogP contribution is 2.32. The number of aliphatic carboxylic acids is 1. The molecule has 0 saturated carbocycles. The molecule has 1 rings (SSSR count). The van der Waals surface area contributed by atoms with Gasteiger partial charge in [0.15, 0.2) is 0 Å². The van der Waals surface area contributed by atoms with E-state index in [1.54, 1.807) is 13.0 Å². The second-order valence-electron chi connectivity index (χ2n) is 5.37. The summed E-state index contributed by atoms with van der Waals surface area (Å²) in [6.45, 7) is 5.66. The minimum atomic E-state index is -0.939. The Labute approximate surface area is 127 Å². The Balaban J connectivity index is 2.79. The third-order valence-corrected chi connectivity index (χ3v) is 4.25. The summed E-state index contributed by atoms with van der Waals surface area (Å²) in [4.78, 5) is 34.9. The van der Waals surface area contributed by atoms with Crippen LogP contribution in [-0.4, -0.2) is 22.9 Å². The molecule has 0 aromatic carbocycles. The van der Waals surface area contributed by atoms with E-state index in [2.05, 4.69) is 5.32 Å². The standard InChI is InChI=1S/C14H20N2O4S/c1-7(2)10-6-9(13(15)20)14(21-10)16-11(17)4-8(3)5-12(18)19/h6-8H,4-5H2,1-3H3,(H2,15,20)(H,16,17)(H,18,19)/t8-/m1/s1. The number of nitrogens with one attached hydrogen (secondary N) is 1. The van der Waals surface area contributed by atoms with Gasteiger partial charge in [0.1, 0.15) is 5.00 Å². The molecule has 1 aromatic rings. The lowest BCUT2D eigenvalue weighted by Crippen LogP contribution is -2.19. The van der Waals surface area contributed by atoms with Gasteiger partial charge in [-0.25, -0.2) is 0 Å². The van der Waals surface area contributed by atoms with E-state index in [1.165, 1.54) is 11.3 Å². The Kier molecular flexibility index (Phi) is 5.90. The van der Waals surface area contributed by atoms with Crippen LogP contribution in [0.15, 0.2) is 6.07 Å². The number of hydrogen-bond acceptors (Lipinski definition) is 4. The number of thiophene rings is 1. The predicted octanol–water partition coefficient (Wildman–Crippen LogP) is 2.41. The second kappa shape index (κ2) is 7.21. The summed E-state index contributed by atoms with van der Waals surface area (Å²) in [5.74, 6) is -1.89. The number of carbonyl (C=O) groups is 3. The molecule has 0 saturated heterocycles. The van der Waals surface area contributed by atoms with E-state index in [0.29, 0.717) is 10.6 Å². The normalized spacial score (nSPS) is 12.2. The molecular formula is C14H20N2O4S. The first-order valence-electron chi connectivity index (χ1n) is 6.65. The number of anilines is 1. The number of amides is 2. The van der Waals surface area contributed by atoms with E-state index in [4.69, 9.17) is 10.8 Å². The van der Waals surface area contributed by atoms with Crippen LogP contribution in [0, 0.1) is 5.92 Å². The molecule has 7 heteroatoms. The van der Waals surface area contributed by atoms with Gasteiger partial charge in [-0.3, -0.25) is 14.4 Å². The molecule has 4 N–H and O–H groups in total. The summed E-state index contributed by atoms with van der Waals surface area (Å²) in [5, 5.41) is 11.8. The van der Waals surface area contributed by atoms with E-state index in [9.17, 15) is 14.4 Å². The van der Waals surface area contributed by atoms with Crippen molar-refractivity contribution in [3.05, 3.63) is 16.5 Å². The first-order chi connectivity index (χ1) is 9.70. The van der Waals surface area contributed by atoms with Gasteiger partial charge in [-0.05, 0) is 17.9 Å². The fourth-order valence-corrected chi connectivity index (χ4v) is 2.92. The van der Waals surface area contributed by atoms with Crippen molar-refractivity contribution in [1.82, 2.24) is 0 Å². The van der Waals surface area contributed by atoms with E-state index < -0.39 is 11.9 Å². The maximum atomic E-state index is 11.9. The minimum absolute atomic E-state index is 0.0716. The molecule has 0 spiro atoms. The Hall–Kier alpha value is -1.89. The molecule has 0 unspecified atom stereocenters. The summed E-state index contributed by atoms with van der Waals surface area (Å²) in [5.41, 5.74) is 5.60. The monoisotopic (exact) mass is 312 g/mol. The number of carbonyl (C=O) groups excluding carboxylic acids is 2. The number of nitrogens with two attached hydrogens (primary N) is 1. The fourth-order valence-electron chi connectivity index (χ4n) is 1.83. The maximum Gasteiger partial charge on any atom is 0.303 e. The van der Waals surface area contributed by atoms with Gasteiger partial charge in [0.25, 0.3) is 5.91 Å². The summed E-state index contributed by atoms with van der Waals surface area (Å²) in [7, 11) is 0. The first-order valence-corrected chi connectivity index (χ1v) is 7.47. The third-order valence-electron chi connectivity index (χ3n) is 2.90. The SMILES string of the molecule is CC(C)c1cc(C(N)=O)c(NC(=O)C[C@@H](C)CC(=O)O)s1. The molecule has 6 nitrogen and oxygen atoms in total. The highest BCUT2D eigenvalue weighted by molar-refractivity contribution is 7.16. The van der Waals surface area contributed by atoms with Crippen molar-refractivity contribution >= 4 is 34.1 Å². The molecule has 1 atom stereocenters. The van der Waals surface area contributed by atoms with Crippen LogP contribution in [0.25, 0.3) is 0 Å². The van der Waals surface area contributed by atoms with Crippen molar-refractivity contribution in [1.29, 1.82) is 0 Å². The van der Waals surface area contributed by atoms with Crippen LogP contribution in [0.5, 0.6) is 0 Å². The van der Waals surface area contributed by atoms with Crippen LogP contribution >= 0.6 is 11.3 Å². The smallest absolute Gasteiger partial charge is 0.303 e. The number of carboxylic acid groups (broad SMARTS) is 1. The van der Waals surface area contributed by atoms with Gasteiger partial charge in [-0.15, -0.1) is 11.3 Å². The van der Waals surface area contributed by atoms with Crippen LogP contribution in [0.3, 0.4) is 0 Å². The number of carboxylic acids is 1. The van der Waals surface area contributed by atoms with Crippen molar-refractivity contribution in [3.63, 3.8) is 0 Å². The molecule has 2 amide bonds. The van der Waals surface area contributed by atoms with Crippen LogP contribution in [-0.2, 0) is 9.59 Å². The third kappa shape index (κ3) is 5.18. The van der Waals surface area contributed by atoms with Crippen molar-refractivity contribution in [2.45, 2.75) is 39.5 Å². The summed E-state index contributed by atoms with van der Waals surface area (Å²) in [6, 6.07) is 1.69. The predicted molar refractivity (Wildman–Crippen MR) is 81.6 cm³/mol. The first kappa shape index (κ1) is 17.2. The molecule has 0 bridgehead atoms. The van der Waals surface area contributed by atoms with Gasteiger partial charge in [-0.2, -0.15) is 0 Å². The van der Waals surface area contributed by atoms with Crippen molar-refractivity contribution < 1.29 is 19.5 Å². The van der Waals surface area contributed by atoms with Crippen LogP contribution < -0.4 is 11.1 Å². The zero-order valence-electron chi connectivity index (χ0n) is 12.3. The van der Waals surface area contributed by atoms with Crippen LogP contribution in [0.4, 0.5) is 5.00 Å². The second-order valence-corrected chi connectivity index (χ2v) is 6.45. The Bertz CT molecular complexity index is 551. The average Bonchev–Trinajstić information content (AvgIpc) is 2.71. The topological polar surface area (TPSA) is 109 Å². The number of rotatable bonds is 7. The van der Waals surface area contributed by atoms with Gasteiger partial charge in [0, 0.05) is 17.7 Å². The quantitative estimate of drug-likeness (QED) is 0.718. The largest absolute Gasteiger partial charge is 0.481 e. The molecule has 0 aliphatic carbocycles. The van der Waals surface area contributed by atoms with Gasteiger partial charge < -0.3 is 16.2 Å². The summed E-state index contributed by atoms with van der Waals surface area (Å²) >= 11 is 1.32. The zero-order valence-corrected chi connectivity index (χ0v) is 13.1. The molecule has 1 aromatic heterocycles. The Morgan fingerprint density at radius 2 is 1.90 bits per heavy atom. The molecule has 21 heavy (non-hydrogen) atoms. The zero-order chi connectivity index (χ0) is 16.2. The highest BCUT2D eigenvalue weighted by Gasteiger charge is 2.19. The maximum absolute atomic E-state index is 11.9. The van der Waals surface area contributed by atoms with Gasteiger partial charge in [-0.1, -0.05) is 20.8 Å². The van der Waals surface area contributed by atoms with Crippen molar-refractivity contribution in [3.8, 4) is 0 Å². The summed E-state index contributed by atoms with van der Waals surface area (Å²) in [6.07, 6.45) is 0.0111. The fraction of sp³-hybridized carbons (Fsp3) is 0.500. The molecule has 0 fully saturated rings.